The number of carbonyl (C=O) groups excluding carboxylic acids is 2. The quantitative estimate of drug-likeness (QED) is 0.417. The molecule has 3 rings (SSSR count). The van der Waals surface area contributed by atoms with E-state index in [4.69, 9.17) is 9.47 Å². The fourth-order valence-corrected chi connectivity index (χ4v) is 3.25. The molecular formula is C22H23FN2O6. The van der Waals surface area contributed by atoms with Crippen molar-refractivity contribution >= 4 is 17.7 Å². The van der Waals surface area contributed by atoms with Crippen LogP contribution in [0.4, 0.5) is 14.9 Å². The fraction of sp³-hybridized carbons (Fsp3) is 0.364. The molecule has 0 saturated heterocycles. The van der Waals surface area contributed by atoms with Gasteiger partial charge in [0.25, 0.3) is 5.69 Å². The maximum Gasteiger partial charge on any atom is 0.408 e. The summed E-state index contributed by atoms with van der Waals surface area (Å²) >= 11 is 0. The molecule has 0 heterocycles. The molecule has 1 amide bonds. The monoisotopic (exact) mass is 430 g/mol. The van der Waals surface area contributed by atoms with Gasteiger partial charge in [-0.2, -0.15) is 0 Å². The molecule has 0 spiro atoms. The van der Waals surface area contributed by atoms with Crippen molar-refractivity contribution in [3.63, 3.8) is 0 Å². The number of esters is 1. The highest BCUT2D eigenvalue weighted by atomic mass is 19.1. The fourth-order valence-electron chi connectivity index (χ4n) is 3.25. The third-order valence-electron chi connectivity index (χ3n) is 4.84. The number of halogens is 1. The molecule has 1 saturated carbocycles. The molecule has 1 aliphatic rings. The first-order valence-corrected chi connectivity index (χ1v) is 9.67. The van der Waals surface area contributed by atoms with Gasteiger partial charge in [0.2, 0.25) is 0 Å². The summed E-state index contributed by atoms with van der Waals surface area (Å²) < 4.78 is 24.0. The number of alkyl carbamates (subject to hydrolysis) is 1. The summed E-state index contributed by atoms with van der Waals surface area (Å²) in [5.41, 5.74) is -0.915. The zero-order valence-corrected chi connectivity index (χ0v) is 17.4. The Balaban J connectivity index is 1.74. The van der Waals surface area contributed by atoms with Gasteiger partial charge in [-0.3, -0.25) is 10.1 Å². The Hall–Kier alpha value is -3.49. The predicted octanol–water partition coefficient (Wildman–Crippen LogP) is 4.23. The minimum Gasteiger partial charge on any atom is -0.459 e. The molecule has 164 valence electrons. The number of nitro groups is 1. The second kappa shape index (κ2) is 8.33. The Bertz CT molecular complexity index is 985. The zero-order chi connectivity index (χ0) is 22.8. The van der Waals surface area contributed by atoms with Crippen LogP contribution in [-0.2, 0) is 20.9 Å². The Labute approximate surface area is 178 Å². The number of hydrogen-bond acceptors (Lipinski definition) is 6. The molecule has 2 atom stereocenters. The molecule has 2 aromatic carbocycles. The number of non-ortho nitro benzene ring substituents is 1. The van der Waals surface area contributed by atoms with Gasteiger partial charge in [0.15, 0.2) is 0 Å². The molecule has 31 heavy (non-hydrogen) atoms. The van der Waals surface area contributed by atoms with Gasteiger partial charge in [-0.05, 0) is 62.6 Å². The van der Waals surface area contributed by atoms with Gasteiger partial charge >= 0.3 is 12.1 Å². The number of benzene rings is 2. The molecule has 0 aliphatic heterocycles. The van der Waals surface area contributed by atoms with Crippen molar-refractivity contribution in [2.45, 2.75) is 50.9 Å². The average Bonchev–Trinajstić information content (AvgIpc) is 3.40. The molecule has 1 N–H and O–H groups in total. The van der Waals surface area contributed by atoms with Gasteiger partial charge in [-0.15, -0.1) is 0 Å². The standard InChI is InChI=1S/C22H23FN2O6/c1-21(2,3)31-20(27)24-22(12-18(22)15-6-8-16(23)9-7-15)19(26)30-13-14-4-10-17(11-5-14)25(28)29/h4-11,18H,12-13H2,1-3H3,(H,24,27)/t18-,22-/m1/s1. The smallest absolute Gasteiger partial charge is 0.408 e. The van der Waals surface area contributed by atoms with E-state index in [9.17, 15) is 24.1 Å². The molecule has 1 fully saturated rings. The molecule has 0 bridgehead atoms. The predicted molar refractivity (Wildman–Crippen MR) is 109 cm³/mol. The average molecular weight is 430 g/mol. The number of carbonyl (C=O) groups is 2. The van der Waals surface area contributed by atoms with Crippen LogP contribution in [-0.4, -0.2) is 28.1 Å². The lowest BCUT2D eigenvalue weighted by molar-refractivity contribution is -0.384. The van der Waals surface area contributed by atoms with Gasteiger partial charge in [0, 0.05) is 18.1 Å². The van der Waals surface area contributed by atoms with Crippen molar-refractivity contribution in [3.8, 4) is 0 Å². The van der Waals surface area contributed by atoms with Crippen molar-refractivity contribution in [3.05, 3.63) is 75.6 Å². The number of amides is 1. The van der Waals surface area contributed by atoms with E-state index in [-0.39, 0.29) is 18.7 Å². The first-order valence-electron chi connectivity index (χ1n) is 9.67. The lowest BCUT2D eigenvalue weighted by atomic mass is 10.1. The second-order valence-electron chi connectivity index (χ2n) is 8.41. The third-order valence-corrected chi connectivity index (χ3v) is 4.84. The number of nitrogens with one attached hydrogen (secondary N) is 1. The Morgan fingerprint density at radius 2 is 1.77 bits per heavy atom. The van der Waals surface area contributed by atoms with Crippen LogP contribution in [0.15, 0.2) is 48.5 Å². The molecule has 0 unspecified atom stereocenters. The number of rotatable bonds is 6. The first-order chi connectivity index (χ1) is 14.5. The third kappa shape index (κ3) is 5.36. The van der Waals surface area contributed by atoms with Gasteiger partial charge in [0.1, 0.15) is 23.6 Å². The van der Waals surface area contributed by atoms with E-state index in [1.54, 1.807) is 32.9 Å². The Morgan fingerprint density at radius 1 is 1.16 bits per heavy atom. The van der Waals surface area contributed by atoms with E-state index in [1.165, 1.54) is 36.4 Å². The van der Waals surface area contributed by atoms with E-state index >= 15 is 0 Å². The van der Waals surface area contributed by atoms with Crippen molar-refractivity contribution in [1.29, 1.82) is 0 Å². The van der Waals surface area contributed by atoms with Gasteiger partial charge < -0.3 is 14.8 Å². The lowest BCUT2D eigenvalue weighted by Crippen LogP contribution is -2.47. The maximum absolute atomic E-state index is 13.3. The van der Waals surface area contributed by atoms with Crippen LogP contribution in [0, 0.1) is 15.9 Å². The van der Waals surface area contributed by atoms with Crippen LogP contribution in [0.5, 0.6) is 0 Å². The largest absolute Gasteiger partial charge is 0.459 e. The van der Waals surface area contributed by atoms with Crippen LogP contribution in [0.25, 0.3) is 0 Å². The topological polar surface area (TPSA) is 108 Å². The summed E-state index contributed by atoms with van der Waals surface area (Å²) in [5.74, 6) is -1.47. The van der Waals surface area contributed by atoms with E-state index in [0.29, 0.717) is 11.1 Å². The lowest BCUT2D eigenvalue weighted by Gasteiger charge is -2.23. The number of hydrogen-bond donors (Lipinski definition) is 1. The van der Waals surface area contributed by atoms with Crippen LogP contribution >= 0.6 is 0 Å². The highest BCUT2D eigenvalue weighted by Crippen LogP contribution is 2.52. The van der Waals surface area contributed by atoms with Crippen LogP contribution < -0.4 is 5.32 Å². The summed E-state index contributed by atoms with van der Waals surface area (Å²) in [6.07, 6.45) is -0.485. The highest BCUT2D eigenvalue weighted by molar-refractivity contribution is 5.91. The van der Waals surface area contributed by atoms with Crippen molar-refractivity contribution in [1.82, 2.24) is 5.32 Å². The summed E-state index contributed by atoms with van der Waals surface area (Å²) in [4.78, 5) is 35.5. The maximum atomic E-state index is 13.3. The van der Waals surface area contributed by atoms with E-state index < -0.39 is 39.9 Å². The number of ether oxygens (including phenoxy) is 2. The van der Waals surface area contributed by atoms with Crippen molar-refractivity contribution < 1.29 is 28.4 Å². The molecule has 8 nitrogen and oxygen atoms in total. The van der Waals surface area contributed by atoms with E-state index in [1.807, 2.05) is 0 Å². The van der Waals surface area contributed by atoms with Gasteiger partial charge in [-0.1, -0.05) is 12.1 Å². The molecule has 9 heteroatoms. The normalized spacial score (nSPS) is 19.9. The molecule has 0 aromatic heterocycles. The molecule has 1 aliphatic carbocycles. The molecular weight excluding hydrogens is 407 g/mol. The Kier molecular flexibility index (Phi) is 5.97. The summed E-state index contributed by atoms with van der Waals surface area (Å²) in [7, 11) is 0. The van der Waals surface area contributed by atoms with Crippen molar-refractivity contribution in [2.24, 2.45) is 0 Å². The summed E-state index contributed by atoms with van der Waals surface area (Å²) in [6, 6.07) is 11.3. The summed E-state index contributed by atoms with van der Waals surface area (Å²) in [6.45, 7) is 4.99. The number of nitrogens with zero attached hydrogens (tertiary/aromatic N) is 1. The van der Waals surface area contributed by atoms with Crippen LogP contribution in [0.2, 0.25) is 0 Å². The first kappa shape index (κ1) is 22.2. The second-order valence-corrected chi connectivity index (χ2v) is 8.41. The number of nitro benzene ring substituents is 1. The highest BCUT2D eigenvalue weighted by Gasteiger charge is 2.63. The zero-order valence-electron chi connectivity index (χ0n) is 17.4. The van der Waals surface area contributed by atoms with Gasteiger partial charge in [-0.25, -0.2) is 14.0 Å². The summed E-state index contributed by atoms with van der Waals surface area (Å²) in [5, 5.41) is 13.4. The van der Waals surface area contributed by atoms with Crippen LogP contribution in [0.1, 0.15) is 44.2 Å². The van der Waals surface area contributed by atoms with E-state index in [2.05, 4.69) is 5.32 Å². The van der Waals surface area contributed by atoms with E-state index in [0.717, 1.165) is 0 Å². The minimum atomic E-state index is -1.33. The Morgan fingerprint density at radius 3 is 2.32 bits per heavy atom. The molecule has 2 aromatic rings. The molecule has 0 radical (unpaired) electrons. The van der Waals surface area contributed by atoms with Crippen LogP contribution in [0.3, 0.4) is 0 Å². The minimum absolute atomic E-state index is 0.0725. The SMILES string of the molecule is CC(C)(C)OC(=O)N[C@]1(C(=O)OCc2ccc([N+](=O)[O-])cc2)C[C@@H]1c1ccc(F)cc1. The van der Waals surface area contributed by atoms with Gasteiger partial charge in [0.05, 0.1) is 4.92 Å². The van der Waals surface area contributed by atoms with Crippen molar-refractivity contribution in [2.75, 3.05) is 0 Å².